The summed E-state index contributed by atoms with van der Waals surface area (Å²) in [6, 6.07) is 16.4. The number of amides is 1. The number of rotatable bonds is 6. The minimum Gasteiger partial charge on any atom is -0.390 e. The Hall–Kier alpha value is -2.69. The number of benzene rings is 2. The van der Waals surface area contributed by atoms with Crippen LogP contribution >= 0.6 is 0 Å². The average Bonchev–Trinajstić information content (AvgIpc) is 3.10. The van der Waals surface area contributed by atoms with Crippen molar-refractivity contribution in [2.24, 2.45) is 5.16 Å². The fraction of sp³-hybridized carbons (Fsp3) is 0.300. The van der Waals surface area contributed by atoms with Gasteiger partial charge >= 0.3 is 0 Å². The summed E-state index contributed by atoms with van der Waals surface area (Å²) in [5.74, 6) is -0.247. The molecule has 0 aliphatic carbocycles. The highest BCUT2D eigenvalue weighted by Crippen LogP contribution is 2.20. The van der Waals surface area contributed by atoms with Crippen LogP contribution in [0.5, 0.6) is 0 Å². The lowest BCUT2D eigenvalue weighted by Crippen LogP contribution is -2.36. The third-order valence-electron chi connectivity index (χ3n) is 4.21. The zero-order valence-corrected chi connectivity index (χ0v) is 14.2. The molecule has 0 saturated heterocycles. The topological polar surface area (TPSA) is 41.9 Å². The van der Waals surface area contributed by atoms with Crippen molar-refractivity contribution in [3.63, 3.8) is 0 Å². The van der Waals surface area contributed by atoms with E-state index in [1.165, 1.54) is 6.07 Å². The maximum Gasteiger partial charge on any atom is 0.222 e. The third-order valence-corrected chi connectivity index (χ3v) is 4.21. The van der Waals surface area contributed by atoms with Crippen molar-refractivity contribution < 1.29 is 14.0 Å². The molecule has 0 spiro atoms. The van der Waals surface area contributed by atoms with E-state index in [1.54, 1.807) is 23.1 Å². The van der Waals surface area contributed by atoms with E-state index in [4.69, 9.17) is 4.84 Å². The van der Waals surface area contributed by atoms with Crippen LogP contribution in [-0.4, -0.2) is 29.2 Å². The Morgan fingerprint density at radius 2 is 1.92 bits per heavy atom. The van der Waals surface area contributed by atoms with Crippen molar-refractivity contribution in [1.29, 1.82) is 0 Å². The SMILES string of the molecule is CCC(=O)N(Cc1ccccc1)C[C@@H]1CC(c2ccccc2F)=NO1. The molecule has 25 heavy (non-hydrogen) atoms. The van der Waals surface area contributed by atoms with Gasteiger partial charge in [-0.05, 0) is 11.6 Å². The smallest absolute Gasteiger partial charge is 0.222 e. The van der Waals surface area contributed by atoms with E-state index < -0.39 is 0 Å². The van der Waals surface area contributed by atoms with Crippen LogP contribution in [0.25, 0.3) is 0 Å². The van der Waals surface area contributed by atoms with E-state index >= 15 is 0 Å². The zero-order chi connectivity index (χ0) is 17.6. The van der Waals surface area contributed by atoms with Gasteiger partial charge in [0.2, 0.25) is 5.91 Å². The first-order valence-corrected chi connectivity index (χ1v) is 8.46. The first-order valence-electron chi connectivity index (χ1n) is 8.46. The second kappa shape index (κ2) is 7.92. The van der Waals surface area contributed by atoms with Crippen LogP contribution in [0.3, 0.4) is 0 Å². The largest absolute Gasteiger partial charge is 0.390 e. The van der Waals surface area contributed by atoms with E-state index in [2.05, 4.69) is 5.16 Å². The molecule has 4 nitrogen and oxygen atoms in total. The third kappa shape index (κ3) is 4.24. The van der Waals surface area contributed by atoms with E-state index in [9.17, 15) is 9.18 Å². The lowest BCUT2D eigenvalue weighted by atomic mass is 10.0. The molecule has 1 aliphatic heterocycles. The van der Waals surface area contributed by atoms with Crippen LogP contribution in [-0.2, 0) is 16.2 Å². The quantitative estimate of drug-likeness (QED) is 0.803. The summed E-state index contributed by atoms with van der Waals surface area (Å²) in [5.41, 5.74) is 2.12. The van der Waals surface area contributed by atoms with Gasteiger partial charge < -0.3 is 9.74 Å². The Labute approximate surface area is 146 Å². The summed E-state index contributed by atoms with van der Waals surface area (Å²) < 4.78 is 13.9. The van der Waals surface area contributed by atoms with Crippen molar-refractivity contribution >= 4 is 11.6 Å². The van der Waals surface area contributed by atoms with Gasteiger partial charge in [0.05, 0.1) is 12.3 Å². The van der Waals surface area contributed by atoms with E-state index in [0.717, 1.165) is 5.56 Å². The molecule has 1 heterocycles. The van der Waals surface area contributed by atoms with Crippen molar-refractivity contribution in [2.45, 2.75) is 32.4 Å². The molecule has 2 aromatic rings. The molecule has 0 radical (unpaired) electrons. The van der Waals surface area contributed by atoms with Gasteiger partial charge in [-0.3, -0.25) is 4.79 Å². The average molecular weight is 340 g/mol. The zero-order valence-electron chi connectivity index (χ0n) is 14.2. The minimum atomic E-state index is -0.309. The van der Waals surface area contributed by atoms with Crippen molar-refractivity contribution in [1.82, 2.24) is 4.90 Å². The molecule has 5 heteroatoms. The lowest BCUT2D eigenvalue weighted by molar-refractivity contribution is -0.133. The van der Waals surface area contributed by atoms with Crippen LogP contribution in [0, 0.1) is 5.82 Å². The Bertz CT molecular complexity index is 761. The van der Waals surface area contributed by atoms with Crippen LogP contribution in [0.15, 0.2) is 59.8 Å². The first kappa shape index (κ1) is 17.1. The molecule has 0 bridgehead atoms. The van der Waals surface area contributed by atoms with Gasteiger partial charge in [0.1, 0.15) is 5.82 Å². The summed E-state index contributed by atoms with van der Waals surface area (Å²) >= 11 is 0. The Morgan fingerprint density at radius 3 is 2.64 bits per heavy atom. The summed E-state index contributed by atoms with van der Waals surface area (Å²) in [7, 11) is 0. The molecular formula is C20H21FN2O2. The second-order valence-corrected chi connectivity index (χ2v) is 6.06. The summed E-state index contributed by atoms with van der Waals surface area (Å²) in [6.07, 6.45) is 0.665. The van der Waals surface area contributed by atoms with Crippen LogP contribution in [0.1, 0.15) is 30.9 Å². The number of oxime groups is 1. The molecule has 2 aromatic carbocycles. The molecule has 130 valence electrons. The normalized spacial score (nSPS) is 16.2. The van der Waals surface area contributed by atoms with E-state index in [-0.39, 0.29) is 17.8 Å². The summed E-state index contributed by atoms with van der Waals surface area (Å²) in [6.45, 7) is 2.81. The predicted octanol–water partition coefficient (Wildman–Crippen LogP) is 3.76. The Kier molecular flexibility index (Phi) is 5.43. The second-order valence-electron chi connectivity index (χ2n) is 6.06. The first-order chi connectivity index (χ1) is 12.2. The van der Waals surface area contributed by atoms with Gasteiger partial charge in [-0.15, -0.1) is 0 Å². The molecule has 1 aliphatic rings. The van der Waals surface area contributed by atoms with Crippen molar-refractivity contribution in [3.05, 3.63) is 71.5 Å². The van der Waals surface area contributed by atoms with E-state index in [0.29, 0.717) is 37.2 Å². The number of nitrogens with zero attached hydrogens (tertiary/aromatic N) is 2. The molecule has 0 aromatic heterocycles. The van der Waals surface area contributed by atoms with Gasteiger partial charge in [0, 0.05) is 24.9 Å². The Morgan fingerprint density at radius 1 is 1.20 bits per heavy atom. The lowest BCUT2D eigenvalue weighted by Gasteiger charge is -2.24. The molecule has 0 unspecified atom stereocenters. The van der Waals surface area contributed by atoms with Crippen molar-refractivity contribution in [3.8, 4) is 0 Å². The van der Waals surface area contributed by atoms with Gasteiger partial charge in [-0.1, -0.05) is 60.6 Å². The molecule has 1 atom stereocenters. The molecule has 1 amide bonds. The number of hydrogen-bond donors (Lipinski definition) is 0. The van der Waals surface area contributed by atoms with Crippen molar-refractivity contribution in [2.75, 3.05) is 6.54 Å². The highest BCUT2D eigenvalue weighted by atomic mass is 19.1. The van der Waals surface area contributed by atoms with Gasteiger partial charge in [0.25, 0.3) is 0 Å². The highest BCUT2D eigenvalue weighted by molar-refractivity contribution is 6.01. The number of hydrogen-bond acceptors (Lipinski definition) is 3. The highest BCUT2D eigenvalue weighted by Gasteiger charge is 2.27. The molecule has 0 saturated carbocycles. The molecule has 0 fully saturated rings. The van der Waals surface area contributed by atoms with Gasteiger partial charge in [-0.2, -0.15) is 0 Å². The summed E-state index contributed by atoms with van der Waals surface area (Å²) in [4.78, 5) is 19.5. The monoisotopic (exact) mass is 340 g/mol. The number of halogens is 1. The van der Waals surface area contributed by atoms with Crippen LogP contribution in [0.2, 0.25) is 0 Å². The summed E-state index contributed by atoms with van der Waals surface area (Å²) in [5, 5.41) is 4.03. The fourth-order valence-corrected chi connectivity index (χ4v) is 2.91. The van der Waals surface area contributed by atoms with E-state index in [1.807, 2.05) is 37.3 Å². The molecule has 0 N–H and O–H groups in total. The number of carbonyl (C=O) groups is 1. The van der Waals surface area contributed by atoms with Crippen LogP contribution in [0.4, 0.5) is 4.39 Å². The predicted molar refractivity (Wildman–Crippen MR) is 94.6 cm³/mol. The standard InChI is InChI=1S/C20H21FN2O2/c1-2-20(24)23(13-15-8-4-3-5-9-15)14-16-12-19(22-25-16)17-10-6-7-11-18(17)21/h3-11,16H,2,12-14H2,1H3/t16-/m0/s1. The Balaban J connectivity index is 1.66. The number of carbonyl (C=O) groups excluding carboxylic acids is 1. The van der Waals surface area contributed by atoms with Gasteiger partial charge in [0.15, 0.2) is 6.10 Å². The van der Waals surface area contributed by atoms with Crippen LogP contribution < -0.4 is 0 Å². The maximum absolute atomic E-state index is 13.9. The molecular weight excluding hydrogens is 319 g/mol. The maximum atomic E-state index is 13.9. The molecule has 3 rings (SSSR count). The minimum absolute atomic E-state index is 0.0618. The fourth-order valence-electron chi connectivity index (χ4n) is 2.91. The van der Waals surface area contributed by atoms with Gasteiger partial charge in [-0.25, -0.2) is 4.39 Å².